The summed E-state index contributed by atoms with van der Waals surface area (Å²) in [5.74, 6) is -1.32. The van der Waals surface area contributed by atoms with Crippen LogP contribution in [0.15, 0.2) is 71.6 Å². The summed E-state index contributed by atoms with van der Waals surface area (Å²) in [6, 6.07) is 15.0. The molecule has 3 aromatic carbocycles. The number of hydrogen-bond acceptors (Lipinski definition) is 4. The zero-order valence-corrected chi connectivity index (χ0v) is 25.0. The molecule has 0 aromatic heterocycles. The van der Waals surface area contributed by atoms with Crippen LogP contribution in [0.25, 0.3) is 0 Å². The second-order valence-corrected chi connectivity index (χ2v) is 12.7. The lowest BCUT2D eigenvalue weighted by atomic mass is 10.1. The molecule has 0 bridgehead atoms. The molecular formula is C29H32Cl2FN3O4S. The van der Waals surface area contributed by atoms with Gasteiger partial charge in [0.1, 0.15) is 18.4 Å². The van der Waals surface area contributed by atoms with Gasteiger partial charge in [-0.05, 0) is 67.8 Å². The Labute approximate surface area is 244 Å². The fraction of sp³-hybridized carbons (Fsp3) is 0.310. The Kier molecular flexibility index (Phi) is 10.6. The third-order valence-corrected chi connectivity index (χ3v) is 8.37. The summed E-state index contributed by atoms with van der Waals surface area (Å²) in [5, 5.41) is 3.18. The van der Waals surface area contributed by atoms with Gasteiger partial charge in [-0.2, -0.15) is 0 Å². The SMILES string of the molecule is Cc1ccc(S(=O)(=O)N(CC(=O)N(Cc2ccc(F)cc2)[C@@H](C)C(=O)NCC(C)C)c2cc(Cl)cc(Cl)c2)cc1. The van der Waals surface area contributed by atoms with Crippen molar-refractivity contribution in [2.24, 2.45) is 5.92 Å². The molecule has 3 aromatic rings. The number of nitrogens with one attached hydrogen (secondary N) is 1. The molecule has 40 heavy (non-hydrogen) atoms. The third-order valence-electron chi connectivity index (χ3n) is 6.14. The predicted octanol–water partition coefficient (Wildman–Crippen LogP) is 5.83. The van der Waals surface area contributed by atoms with E-state index in [1.165, 1.54) is 59.5 Å². The first-order valence-corrected chi connectivity index (χ1v) is 14.8. The molecule has 2 amide bonds. The number of anilines is 1. The molecular weight excluding hydrogens is 576 g/mol. The van der Waals surface area contributed by atoms with Crippen molar-refractivity contribution in [3.05, 3.63) is 93.7 Å². The van der Waals surface area contributed by atoms with Crippen molar-refractivity contribution < 1.29 is 22.4 Å². The number of carbonyl (C=O) groups is 2. The molecule has 0 aliphatic rings. The topological polar surface area (TPSA) is 86.8 Å². The van der Waals surface area contributed by atoms with Gasteiger partial charge in [0.05, 0.1) is 10.6 Å². The molecule has 1 N–H and O–H groups in total. The van der Waals surface area contributed by atoms with Gasteiger partial charge in [-0.3, -0.25) is 13.9 Å². The van der Waals surface area contributed by atoms with E-state index < -0.39 is 40.2 Å². The zero-order chi connectivity index (χ0) is 29.6. The third kappa shape index (κ3) is 8.19. The fourth-order valence-electron chi connectivity index (χ4n) is 3.87. The minimum absolute atomic E-state index is 0.0326. The summed E-state index contributed by atoms with van der Waals surface area (Å²) >= 11 is 12.4. The maximum atomic E-state index is 13.9. The lowest BCUT2D eigenvalue weighted by Crippen LogP contribution is -2.51. The molecule has 0 fully saturated rings. The van der Waals surface area contributed by atoms with Crippen LogP contribution in [0.2, 0.25) is 10.0 Å². The number of sulfonamides is 1. The van der Waals surface area contributed by atoms with Gasteiger partial charge in [0.25, 0.3) is 10.0 Å². The molecule has 0 radical (unpaired) electrons. The van der Waals surface area contributed by atoms with Crippen LogP contribution in [0.4, 0.5) is 10.1 Å². The zero-order valence-electron chi connectivity index (χ0n) is 22.7. The quantitative estimate of drug-likeness (QED) is 0.297. The largest absolute Gasteiger partial charge is 0.354 e. The Balaban J connectivity index is 2.04. The Bertz CT molecular complexity index is 1430. The van der Waals surface area contributed by atoms with E-state index >= 15 is 0 Å². The first kappa shape index (κ1) is 31.4. The van der Waals surface area contributed by atoms with Gasteiger partial charge in [-0.25, -0.2) is 12.8 Å². The molecule has 0 aliphatic heterocycles. The average Bonchev–Trinajstić information content (AvgIpc) is 2.89. The minimum Gasteiger partial charge on any atom is -0.354 e. The first-order valence-electron chi connectivity index (χ1n) is 12.6. The van der Waals surface area contributed by atoms with Gasteiger partial charge in [-0.15, -0.1) is 0 Å². The number of halogens is 3. The average molecular weight is 609 g/mol. The predicted molar refractivity (Wildman–Crippen MR) is 156 cm³/mol. The highest BCUT2D eigenvalue weighted by Crippen LogP contribution is 2.30. The number of hydrogen-bond donors (Lipinski definition) is 1. The highest BCUT2D eigenvalue weighted by atomic mass is 35.5. The van der Waals surface area contributed by atoms with Crippen molar-refractivity contribution in [1.29, 1.82) is 0 Å². The molecule has 7 nitrogen and oxygen atoms in total. The lowest BCUT2D eigenvalue weighted by molar-refractivity contribution is -0.139. The first-order chi connectivity index (χ1) is 18.8. The summed E-state index contributed by atoms with van der Waals surface area (Å²) in [5.41, 5.74) is 1.51. The van der Waals surface area contributed by atoms with Crippen LogP contribution < -0.4 is 9.62 Å². The summed E-state index contributed by atoms with van der Waals surface area (Å²) in [6.45, 7) is 6.98. The van der Waals surface area contributed by atoms with Gasteiger partial charge < -0.3 is 10.2 Å². The van der Waals surface area contributed by atoms with Crippen molar-refractivity contribution in [2.75, 3.05) is 17.4 Å². The smallest absolute Gasteiger partial charge is 0.264 e. The van der Waals surface area contributed by atoms with Crippen molar-refractivity contribution in [1.82, 2.24) is 10.2 Å². The molecule has 0 saturated carbocycles. The van der Waals surface area contributed by atoms with Crippen molar-refractivity contribution >= 4 is 50.7 Å². The van der Waals surface area contributed by atoms with Gasteiger partial charge in [-0.1, -0.05) is 66.9 Å². The van der Waals surface area contributed by atoms with Crippen LogP contribution in [-0.4, -0.2) is 44.3 Å². The Morgan fingerprint density at radius 2 is 1.50 bits per heavy atom. The van der Waals surface area contributed by atoms with E-state index in [0.29, 0.717) is 12.1 Å². The highest BCUT2D eigenvalue weighted by Gasteiger charge is 2.33. The summed E-state index contributed by atoms with van der Waals surface area (Å²) < 4.78 is 42.2. The lowest BCUT2D eigenvalue weighted by Gasteiger charge is -2.32. The number of nitrogens with zero attached hydrogens (tertiary/aromatic N) is 2. The van der Waals surface area contributed by atoms with Crippen LogP contribution in [0.3, 0.4) is 0 Å². The van der Waals surface area contributed by atoms with Crippen molar-refractivity contribution in [3.8, 4) is 0 Å². The second kappa shape index (κ2) is 13.5. The van der Waals surface area contributed by atoms with Gasteiger partial charge >= 0.3 is 0 Å². The monoisotopic (exact) mass is 607 g/mol. The molecule has 0 saturated heterocycles. The van der Waals surface area contributed by atoms with E-state index in [-0.39, 0.29) is 33.1 Å². The Hall–Kier alpha value is -3.14. The van der Waals surface area contributed by atoms with Gasteiger partial charge in [0.15, 0.2) is 0 Å². The van der Waals surface area contributed by atoms with E-state index in [9.17, 15) is 22.4 Å². The van der Waals surface area contributed by atoms with E-state index in [2.05, 4.69) is 5.32 Å². The summed E-state index contributed by atoms with van der Waals surface area (Å²) in [4.78, 5) is 28.1. The van der Waals surface area contributed by atoms with E-state index in [1.807, 2.05) is 20.8 Å². The standard InChI is InChI=1S/C29H32Cl2FN3O4S/c1-19(2)16-33-29(37)21(4)34(17-22-7-9-25(32)10-8-22)28(36)18-35(26-14-23(30)13-24(31)15-26)40(38,39)27-11-5-20(3)6-12-27/h5-15,19,21H,16-18H2,1-4H3,(H,33,37)/t21-/m0/s1. The maximum absolute atomic E-state index is 13.9. The number of rotatable bonds is 11. The molecule has 1 atom stereocenters. The summed E-state index contributed by atoms with van der Waals surface area (Å²) in [6.07, 6.45) is 0. The van der Waals surface area contributed by atoms with E-state index in [1.54, 1.807) is 19.1 Å². The van der Waals surface area contributed by atoms with Crippen molar-refractivity contribution in [3.63, 3.8) is 0 Å². The van der Waals surface area contributed by atoms with Crippen molar-refractivity contribution in [2.45, 2.75) is 45.2 Å². The Morgan fingerprint density at radius 1 is 0.925 bits per heavy atom. The maximum Gasteiger partial charge on any atom is 0.264 e. The van der Waals surface area contributed by atoms with E-state index in [0.717, 1.165) is 9.87 Å². The van der Waals surface area contributed by atoms with Gasteiger partial charge in [0, 0.05) is 23.1 Å². The highest BCUT2D eigenvalue weighted by molar-refractivity contribution is 7.92. The number of carbonyl (C=O) groups excluding carboxylic acids is 2. The molecule has 11 heteroatoms. The van der Waals surface area contributed by atoms with Crippen LogP contribution in [0, 0.1) is 18.7 Å². The van der Waals surface area contributed by atoms with E-state index in [4.69, 9.17) is 23.2 Å². The number of benzene rings is 3. The molecule has 0 spiro atoms. The molecule has 0 aliphatic carbocycles. The van der Waals surface area contributed by atoms with Crippen LogP contribution in [0.1, 0.15) is 31.9 Å². The fourth-order valence-corrected chi connectivity index (χ4v) is 5.78. The molecule has 3 rings (SSSR count). The second-order valence-electron chi connectivity index (χ2n) is 9.92. The molecule has 0 unspecified atom stereocenters. The normalized spacial score (nSPS) is 12.2. The number of amides is 2. The van der Waals surface area contributed by atoms with Crippen LogP contribution in [-0.2, 0) is 26.2 Å². The Morgan fingerprint density at radius 3 is 2.05 bits per heavy atom. The van der Waals surface area contributed by atoms with Crippen LogP contribution >= 0.6 is 23.2 Å². The summed E-state index contributed by atoms with van der Waals surface area (Å²) in [7, 11) is -4.26. The number of aryl methyl sites for hydroxylation is 1. The molecule has 214 valence electrons. The minimum atomic E-state index is -4.26. The molecule has 0 heterocycles. The van der Waals surface area contributed by atoms with Crippen LogP contribution in [0.5, 0.6) is 0 Å². The van der Waals surface area contributed by atoms with Gasteiger partial charge in [0.2, 0.25) is 11.8 Å².